The molecule has 0 spiro atoms. The summed E-state index contributed by atoms with van der Waals surface area (Å²) in [4.78, 5) is 13.7. The average molecular weight is 318 g/mol. The number of phenols is 1. The van der Waals surface area contributed by atoms with E-state index in [2.05, 4.69) is 15.9 Å². The number of halogens is 1. The second-order valence-corrected chi connectivity index (χ2v) is 5.64. The van der Waals surface area contributed by atoms with Gasteiger partial charge in [0, 0.05) is 18.1 Å². The fraction of sp³-hybridized carbons (Fsp3) is 0.417. The van der Waals surface area contributed by atoms with Gasteiger partial charge in [0.25, 0.3) is 5.91 Å². The van der Waals surface area contributed by atoms with E-state index in [0.717, 1.165) is 16.6 Å². The summed E-state index contributed by atoms with van der Waals surface area (Å²) in [6.45, 7) is 0.704. The van der Waals surface area contributed by atoms with Crippen LogP contribution in [0.15, 0.2) is 22.7 Å². The molecule has 0 saturated heterocycles. The van der Waals surface area contributed by atoms with Crippen molar-refractivity contribution in [3.8, 4) is 5.75 Å². The van der Waals surface area contributed by atoms with Crippen molar-refractivity contribution in [2.45, 2.75) is 6.42 Å². The van der Waals surface area contributed by atoms with Crippen molar-refractivity contribution < 1.29 is 9.90 Å². The Morgan fingerprint density at radius 3 is 2.82 bits per heavy atom. The van der Waals surface area contributed by atoms with Crippen molar-refractivity contribution in [2.75, 3.05) is 25.6 Å². The lowest BCUT2D eigenvalue weighted by atomic mass is 10.2. The molecule has 1 rings (SSSR count). The number of nitrogens with zero attached hydrogens (tertiary/aromatic N) is 1. The number of carbonyl (C=O) groups excluding carboxylic acids is 1. The van der Waals surface area contributed by atoms with Crippen molar-refractivity contribution >= 4 is 33.6 Å². The molecule has 0 atom stereocenters. The first-order valence-electron chi connectivity index (χ1n) is 5.29. The SMILES string of the molecule is CSCCCN(C)C(=O)c1ccc(Br)cc1O. The summed E-state index contributed by atoms with van der Waals surface area (Å²) >= 11 is 5.01. The number of benzene rings is 1. The number of amides is 1. The topological polar surface area (TPSA) is 40.5 Å². The normalized spacial score (nSPS) is 10.3. The molecular formula is C12H16BrNO2S. The average Bonchev–Trinajstić information content (AvgIpc) is 2.28. The summed E-state index contributed by atoms with van der Waals surface area (Å²) in [7, 11) is 1.75. The number of phenolic OH excluding ortho intramolecular Hbond substituents is 1. The molecule has 0 aliphatic rings. The van der Waals surface area contributed by atoms with E-state index in [0.29, 0.717) is 12.1 Å². The van der Waals surface area contributed by atoms with Crippen LogP contribution >= 0.6 is 27.7 Å². The smallest absolute Gasteiger partial charge is 0.257 e. The predicted molar refractivity (Wildman–Crippen MR) is 75.8 cm³/mol. The van der Waals surface area contributed by atoms with Crippen LogP contribution in [0.4, 0.5) is 0 Å². The van der Waals surface area contributed by atoms with Crippen LogP contribution in [0.1, 0.15) is 16.8 Å². The maximum absolute atomic E-state index is 12.0. The highest BCUT2D eigenvalue weighted by Gasteiger charge is 2.15. The molecule has 0 radical (unpaired) electrons. The monoisotopic (exact) mass is 317 g/mol. The van der Waals surface area contributed by atoms with Gasteiger partial charge < -0.3 is 10.0 Å². The first kappa shape index (κ1) is 14.4. The fourth-order valence-corrected chi connectivity index (χ4v) is 2.21. The Balaban J connectivity index is 2.68. The van der Waals surface area contributed by atoms with Crippen LogP contribution in [0, 0.1) is 0 Å². The Labute approximate surface area is 114 Å². The molecule has 0 aliphatic heterocycles. The largest absolute Gasteiger partial charge is 0.507 e. The van der Waals surface area contributed by atoms with E-state index >= 15 is 0 Å². The van der Waals surface area contributed by atoms with Crippen LogP contribution in [0.25, 0.3) is 0 Å². The number of hydrogen-bond donors (Lipinski definition) is 1. The first-order valence-corrected chi connectivity index (χ1v) is 7.48. The zero-order valence-electron chi connectivity index (χ0n) is 9.94. The van der Waals surface area contributed by atoms with Crippen molar-refractivity contribution in [3.05, 3.63) is 28.2 Å². The lowest BCUT2D eigenvalue weighted by Crippen LogP contribution is -2.28. The van der Waals surface area contributed by atoms with Crippen LogP contribution in [0.5, 0.6) is 5.75 Å². The zero-order chi connectivity index (χ0) is 12.8. The first-order chi connectivity index (χ1) is 8.06. The van der Waals surface area contributed by atoms with Gasteiger partial charge in [0.15, 0.2) is 0 Å². The van der Waals surface area contributed by atoms with E-state index in [1.54, 1.807) is 35.8 Å². The van der Waals surface area contributed by atoms with Crippen molar-refractivity contribution in [2.24, 2.45) is 0 Å². The van der Waals surface area contributed by atoms with Gasteiger partial charge in [-0.1, -0.05) is 15.9 Å². The molecule has 1 amide bonds. The van der Waals surface area contributed by atoms with E-state index in [1.807, 2.05) is 6.26 Å². The minimum absolute atomic E-state index is 0.0149. The number of aromatic hydroxyl groups is 1. The summed E-state index contributed by atoms with van der Waals surface area (Å²) < 4.78 is 0.761. The molecule has 5 heteroatoms. The van der Waals surface area contributed by atoms with E-state index in [4.69, 9.17) is 0 Å². The second-order valence-electron chi connectivity index (χ2n) is 3.73. The summed E-state index contributed by atoms with van der Waals surface area (Å²) in [5.74, 6) is 0.904. The molecule has 1 N–H and O–H groups in total. The Hall–Kier alpha value is -0.680. The molecule has 0 aliphatic carbocycles. The second kappa shape index (κ2) is 6.91. The highest BCUT2D eigenvalue weighted by atomic mass is 79.9. The zero-order valence-corrected chi connectivity index (χ0v) is 12.3. The molecule has 17 heavy (non-hydrogen) atoms. The Morgan fingerprint density at radius 2 is 2.24 bits per heavy atom. The van der Waals surface area contributed by atoms with Crippen LogP contribution in [-0.4, -0.2) is 41.5 Å². The third-order valence-electron chi connectivity index (χ3n) is 2.38. The van der Waals surface area contributed by atoms with Gasteiger partial charge in [-0.15, -0.1) is 0 Å². The van der Waals surface area contributed by atoms with Crippen molar-refractivity contribution in [3.63, 3.8) is 0 Å². The third-order valence-corrected chi connectivity index (χ3v) is 3.57. The van der Waals surface area contributed by atoms with Crippen LogP contribution in [0.3, 0.4) is 0 Å². The molecule has 0 saturated carbocycles. The highest BCUT2D eigenvalue weighted by Crippen LogP contribution is 2.23. The molecule has 0 unspecified atom stereocenters. The lowest BCUT2D eigenvalue weighted by Gasteiger charge is -2.17. The van der Waals surface area contributed by atoms with Gasteiger partial charge in [0.2, 0.25) is 0 Å². The van der Waals surface area contributed by atoms with Crippen LogP contribution < -0.4 is 0 Å². The van der Waals surface area contributed by atoms with Gasteiger partial charge in [-0.25, -0.2) is 0 Å². The van der Waals surface area contributed by atoms with Gasteiger partial charge in [-0.2, -0.15) is 11.8 Å². The molecule has 0 aromatic heterocycles. The minimum Gasteiger partial charge on any atom is -0.507 e. The summed E-state index contributed by atoms with van der Waals surface area (Å²) in [5.41, 5.74) is 0.347. The summed E-state index contributed by atoms with van der Waals surface area (Å²) in [6, 6.07) is 4.92. The van der Waals surface area contributed by atoms with Gasteiger partial charge in [0.05, 0.1) is 5.56 Å². The Kier molecular flexibility index (Phi) is 5.85. The maximum Gasteiger partial charge on any atom is 0.257 e. The minimum atomic E-state index is -0.142. The standard InChI is InChI=1S/C12H16BrNO2S/c1-14(6-3-7-17-2)12(16)10-5-4-9(13)8-11(10)15/h4-5,8,15H,3,6-7H2,1-2H3. The van der Waals surface area contributed by atoms with Crippen molar-refractivity contribution in [1.82, 2.24) is 4.90 Å². The Morgan fingerprint density at radius 1 is 1.53 bits per heavy atom. The van der Waals surface area contributed by atoms with E-state index in [9.17, 15) is 9.90 Å². The summed E-state index contributed by atoms with van der Waals surface area (Å²) in [5, 5.41) is 9.70. The van der Waals surface area contributed by atoms with E-state index in [1.165, 1.54) is 6.07 Å². The fourth-order valence-electron chi connectivity index (χ4n) is 1.44. The number of thioether (sulfide) groups is 1. The van der Waals surface area contributed by atoms with E-state index in [-0.39, 0.29) is 11.7 Å². The molecule has 1 aromatic rings. The maximum atomic E-state index is 12.0. The number of carbonyl (C=O) groups is 1. The molecule has 1 aromatic carbocycles. The highest BCUT2D eigenvalue weighted by molar-refractivity contribution is 9.10. The molecule has 0 fully saturated rings. The molecule has 0 heterocycles. The van der Waals surface area contributed by atoms with Gasteiger partial charge in [-0.05, 0) is 36.6 Å². The van der Waals surface area contributed by atoms with E-state index < -0.39 is 0 Å². The Bertz CT molecular complexity index is 398. The molecule has 0 bridgehead atoms. The molecule has 3 nitrogen and oxygen atoms in total. The number of hydrogen-bond acceptors (Lipinski definition) is 3. The van der Waals surface area contributed by atoms with Gasteiger partial charge in [0.1, 0.15) is 5.75 Å². The molecular weight excluding hydrogens is 302 g/mol. The lowest BCUT2D eigenvalue weighted by molar-refractivity contribution is 0.0792. The van der Waals surface area contributed by atoms with Gasteiger partial charge in [-0.3, -0.25) is 4.79 Å². The number of rotatable bonds is 5. The quantitative estimate of drug-likeness (QED) is 0.849. The van der Waals surface area contributed by atoms with Crippen molar-refractivity contribution in [1.29, 1.82) is 0 Å². The van der Waals surface area contributed by atoms with Crippen LogP contribution in [-0.2, 0) is 0 Å². The summed E-state index contributed by atoms with van der Waals surface area (Å²) in [6.07, 6.45) is 3.00. The van der Waals surface area contributed by atoms with Crippen LogP contribution in [0.2, 0.25) is 0 Å². The third kappa shape index (κ3) is 4.24. The van der Waals surface area contributed by atoms with Gasteiger partial charge >= 0.3 is 0 Å². The predicted octanol–water partition coefficient (Wildman–Crippen LogP) is 2.98. The molecule has 94 valence electrons.